The van der Waals surface area contributed by atoms with Gasteiger partial charge in [0.1, 0.15) is 0 Å². The van der Waals surface area contributed by atoms with Crippen molar-refractivity contribution in [2.24, 2.45) is 28.6 Å². The van der Waals surface area contributed by atoms with Crippen LogP contribution in [0.15, 0.2) is 23.3 Å². The Morgan fingerprint density at radius 3 is 2.02 bits per heavy atom. The summed E-state index contributed by atoms with van der Waals surface area (Å²) in [5.74, 6) is 1.20. The van der Waals surface area contributed by atoms with Crippen molar-refractivity contribution >= 4 is 26.8 Å². The summed E-state index contributed by atoms with van der Waals surface area (Å²) in [6.07, 6.45) is 12.7. The van der Waals surface area contributed by atoms with Gasteiger partial charge in [-0.15, -0.1) is 0 Å². The van der Waals surface area contributed by atoms with Gasteiger partial charge < -0.3 is 8.85 Å². The van der Waals surface area contributed by atoms with Gasteiger partial charge in [-0.1, -0.05) is 78.7 Å². The lowest BCUT2D eigenvalue weighted by atomic mass is 9.50. The predicted octanol–water partition coefficient (Wildman–Crippen LogP) is 8.85. The number of hydrogen-bond acceptors (Lipinski definition) is 5. The molecule has 4 aliphatic carbocycles. The molecule has 4 aliphatic rings. The van der Waals surface area contributed by atoms with E-state index in [9.17, 15) is 8.42 Å². The molecule has 7 atom stereocenters. The third-order valence-electron chi connectivity index (χ3n) is 12.8. The maximum absolute atomic E-state index is 11.8. The SMILES string of the molecule is CC(C)(C)[Si](C)(C)O[C@@H]1CC2=CC=C3[C@@H]4CC[C@H](COS(C)(=O)=O)[C@@]4(C)CC[C@@H]3[C@@]2(C)[C@@H](O[Si](C)(C)C(C)(C)C)C1. The molecule has 236 valence electrons. The van der Waals surface area contributed by atoms with Crippen LogP contribution in [0.5, 0.6) is 0 Å². The van der Waals surface area contributed by atoms with Crippen molar-refractivity contribution in [3.63, 3.8) is 0 Å². The summed E-state index contributed by atoms with van der Waals surface area (Å²) in [4.78, 5) is 0. The van der Waals surface area contributed by atoms with E-state index in [0.29, 0.717) is 18.4 Å². The molecule has 0 spiro atoms. The molecule has 8 heteroatoms. The molecule has 0 unspecified atom stereocenters. The highest BCUT2D eigenvalue weighted by Crippen LogP contribution is 2.66. The first-order valence-electron chi connectivity index (χ1n) is 16.0. The number of allylic oxidation sites excluding steroid dienone is 3. The van der Waals surface area contributed by atoms with Crippen molar-refractivity contribution < 1.29 is 21.5 Å². The average molecular weight is 625 g/mol. The summed E-state index contributed by atoms with van der Waals surface area (Å²) in [5.41, 5.74) is 3.13. The van der Waals surface area contributed by atoms with Crippen LogP contribution in [0.4, 0.5) is 0 Å². The Bertz CT molecular complexity index is 1170. The minimum atomic E-state index is -3.44. The van der Waals surface area contributed by atoms with Crippen molar-refractivity contribution in [1.29, 1.82) is 0 Å². The summed E-state index contributed by atoms with van der Waals surface area (Å²) in [7, 11) is -7.41. The van der Waals surface area contributed by atoms with Crippen molar-refractivity contribution in [3.8, 4) is 0 Å². The van der Waals surface area contributed by atoms with Gasteiger partial charge in [0.2, 0.25) is 0 Å². The van der Waals surface area contributed by atoms with Crippen LogP contribution in [-0.2, 0) is 23.2 Å². The second kappa shape index (κ2) is 10.7. The zero-order valence-electron chi connectivity index (χ0n) is 28.4. The van der Waals surface area contributed by atoms with E-state index in [2.05, 4.69) is 93.7 Å². The molecule has 4 rings (SSSR count). The third-order valence-corrected chi connectivity index (χ3v) is 22.4. The molecule has 0 N–H and O–H groups in total. The van der Waals surface area contributed by atoms with Crippen LogP contribution < -0.4 is 0 Å². The number of rotatable bonds is 7. The highest BCUT2D eigenvalue weighted by Gasteiger charge is 2.60. The molecule has 3 saturated carbocycles. The zero-order valence-corrected chi connectivity index (χ0v) is 31.3. The van der Waals surface area contributed by atoms with E-state index in [0.717, 1.165) is 38.5 Å². The molecule has 0 aromatic heterocycles. The van der Waals surface area contributed by atoms with Gasteiger partial charge in [0, 0.05) is 5.41 Å². The van der Waals surface area contributed by atoms with Crippen molar-refractivity contribution in [2.75, 3.05) is 12.9 Å². The van der Waals surface area contributed by atoms with Crippen LogP contribution in [0.3, 0.4) is 0 Å². The van der Waals surface area contributed by atoms with Crippen molar-refractivity contribution in [2.45, 2.75) is 142 Å². The van der Waals surface area contributed by atoms with E-state index in [4.69, 9.17) is 13.0 Å². The lowest BCUT2D eigenvalue weighted by Crippen LogP contribution is -2.58. The van der Waals surface area contributed by atoms with Crippen molar-refractivity contribution in [3.05, 3.63) is 23.3 Å². The number of hydrogen-bond donors (Lipinski definition) is 0. The maximum Gasteiger partial charge on any atom is 0.264 e. The summed E-state index contributed by atoms with van der Waals surface area (Å²) in [5, 5.41) is 0.308. The van der Waals surface area contributed by atoms with E-state index in [1.54, 1.807) is 5.57 Å². The van der Waals surface area contributed by atoms with Crippen LogP contribution in [0.25, 0.3) is 0 Å². The fourth-order valence-corrected chi connectivity index (χ4v) is 11.2. The van der Waals surface area contributed by atoms with Gasteiger partial charge in [0.15, 0.2) is 16.6 Å². The van der Waals surface area contributed by atoms with Crippen LogP contribution in [0, 0.1) is 28.6 Å². The lowest BCUT2D eigenvalue weighted by Gasteiger charge is -2.59. The quantitative estimate of drug-likeness (QED) is 0.209. The second-order valence-electron chi connectivity index (χ2n) is 17.4. The molecule has 41 heavy (non-hydrogen) atoms. The highest BCUT2D eigenvalue weighted by atomic mass is 32.2. The van der Waals surface area contributed by atoms with Gasteiger partial charge in [-0.2, -0.15) is 8.42 Å². The molecular weight excluding hydrogens is 565 g/mol. The minimum absolute atomic E-state index is 0.0461. The van der Waals surface area contributed by atoms with E-state index in [-0.39, 0.29) is 39.0 Å². The number of fused-ring (bicyclic) bond motifs is 5. The van der Waals surface area contributed by atoms with Gasteiger partial charge in [-0.3, -0.25) is 4.18 Å². The summed E-state index contributed by atoms with van der Waals surface area (Å²) in [6.45, 7) is 28.8. The molecule has 0 aromatic rings. The first kappa shape index (κ1) is 33.6. The highest BCUT2D eigenvalue weighted by molar-refractivity contribution is 7.85. The smallest absolute Gasteiger partial charge is 0.264 e. The molecule has 0 aliphatic heterocycles. The Kier molecular flexibility index (Phi) is 8.76. The minimum Gasteiger partial charge on any atom is -0.414 e. The molecule has 5 nitrogen and oxygen atoms in total. The second-order valence-corrected chi connectivity index (χ2v) is 28.5. The molecule has 0 radical (unpaired) electrons. The fourth-order valence-electron chi connectivity index (χ4n) is 7.98. The molecule has 0 heterocycles. The van der Waals surface area contributed by atoms with Crippen LogP contribution in [0.1, 0.15) is 93.9 Å². The lowest BCUT2D eigenvalue weighted by molar-refractivity contribution is -0.0443. The Morgan fingerprint density at radius 2 is 1.46 bits per heavy atom. The standard InChI is InChI=1S/C33H60O5SSi2/c1-30(2,3)40(10,11)37-25-20-23-14-16-26-27-17-15-24(22-36-39(9,34)35)32(27,7)19-18-28(26)33(23,8)29(21-25)38-41(12,13)31(4,5)6/h14,16,24-25,27-29H,15,17-22H2,1-13H3/t24-,25-,27+,28+,29+,32-,33+/m1/s1. The molecule has 0 aromatic carbocycles. The topological polar surface area (TPSA) is 61.8 Å². The van der Waals surface area contributed by atoms with Gasteiger partial charge in [-0.25, -0.2) is 0 Å². The largest absolute Gasteiger partial charge is 0.414 e. The van der Waals surface area contributed by atoms with Gasteiger partial charge in [0.25, 0.3) is 10.1 Å². The summed E-state index contributed by atoms with van der Waals surface area (Å²) in [6, 6.07) is 0. The van der Waals surface area contributed by atoms with E-state index in [1.165, 1.54) is 11.8 Å². The van der Waals surface area contributed by atoms with Gasteiger partial charge in [0.05, 0.1) is 25.1 Å². The fraction of sp³-hybridized carbons (Fsp3) is 0.879. The van der Waals surface area contributed by atoms with Crippen LogP contribution in [-0.4, -0.2) is 50.1 Å². The summed E-state index contributed by atoms with van der Waals surface area (Å²) < 4.78 is 43.5. The van der Waals surface area contributed by atoms with Gasteiger partial charge in [-0.05, 0) is 98.0 Å². The average Bonchev–Trinajstić information content (AvgIpc) is 3.12. The Labute approximate surface area is 254 Å². The van der Waals surface area contributed by atoms with E-state index < -0.39 is 26.8 Å². The molecule has 3 fully saturated rings. The Balaban J connectivity index is 1.70. The summed E-state index contributed by atoms with van der Waals surface area (Å²) >= 11 is 0. The van der Waals surface area contributed by atoms with Gasteiger partial charge >= 0.3 is 0 Å². The molecular formula is C33H60O5SSi2. The van der Waals surface area contributed by atoms with Crippen molar-refractivity contribution in [1.82, 2.24) is 0 Å². The normalized spacial score (nSPS) is 36.7. The van der Waals surface area contributed by atoms with E-state index in [1.807, 2.05) is 0 Å². The molecule has 0 bridgehead atoms. The monoisotopic (exact) mass is 624 g/mol. The first-order valence-corrected chi connectivity index (χ1v) is 23.7. The van der Waals surface area contributed by atoms with E-state index >= 15 is 0 Å². The Hall–Kier alpha value is -0.256. The Morgan fingerprint density at radius 1 is 0.878 bits per heavy atom. The maximum atomic E-state index is 11.8. The molecule has 0 amide bonds. The first-order chi connectivity index (χ1) is 18.4. The molecule has 0 saturated heterocycles. The predicted molar refractivity (Wildman–Crippen MR) is 175 cm³/mol. The third kappa shape index (κ3) is 6.18. The van der Waals surface area contributed by atoms with Crippen LogP contribution in [0.2, 0.25) is 36.3 Å². The zero-order chi connectivity index (χ0) is 31.0. The van der Waals surface area contributed by atoms with Crippen LogP contribution >= 0.6 is 0 Å².